The van der Waals surface area contributed by atoms with E-state index < -0.39 is 0 Å². The largest absolute Gasteiger partial charge is 0.446 e. The highest BCUT2D eigenvalue weighted by atomic mass is 16.6. The molecule has 7 heteroatoms. The first kappa shape index (κ1) is 25.5. The third-order valence-electron chi connectivity index (χ3n) is 7.70. The van der Waals surface area contributed by atoms with Crippen LogP contribution in [-0.2, 0) is 18.9 Å². The molecule has 7 nitrogen and oxygen atoms in total. The molecule has 3 fully saturated rings. The van der Waals surface area contributed by atoms with Crippen LogP contribution in [-0.4, -0.2) is 62.4 Å². The van der Waals surface area contributed by atoms with Crippen molar-refractivity contribution in [3.8, 4) is 0 Å². The summed E-state index contributed by atoms with van der Waals surface area (Å²) in [5.74, 6) is 0. The van der Waals surface area contributed by atoms with E-state index in [2.05, 4.69) is 39.1 Å². The van der Waals surface area contributed by atoms with E-state index in [1.165, 1.54) is 5.57 Å². The van der Waals surface area contributed by atoms with Gasteiger partial charge in [-0.25, -0.2) is 4.79 Å². The fourth-order valence-electron chi connectivity index (χ4n) is 5.61. The van der Waals surface area contributed by atoms with E-state index in [0.717, 1.165) is 44.9 Å². The number of hydrogen-bond acceptors (Lipinski definition) is 6. The molecule has 5 atom stereocenters. The summed E-state index contributed by atoms with van der Waals surface area (Å²) in [4.78, 5) is 12.6. The Balaban J connectivity index is 1.63. The highest BCUT2D eigenvalue weighted by molar-refractivity contribution is 5.67. The van der Waals surface area contributed by atoms with Crippen molar-refractivity contribution in [2.24, 2.45) is 11.1 Å². The Bertz CT molecular complexity index is 653. The van der Waals surface area contributed by atoms with Crippen molar-refractivity contribution in [2.75, 3.05) is 20.3 Å². The van der Waals surface area contributed by atoms with E-state index in [1.807, 2.05) is 0 Å². The maximum Gasteiger partial charge on any atom is 0.407 e. The van der Waals surface area contributed by atoms with Gasteiger partial charge in [0.05, 0.1) is 30.8 Å². The van der Waals surface area contributed by atoms with Crippen molar-refractivity contribution in [3.63, 3.8) is 0 Å². The lowest BCUT2D eigenvalue weighted by atomic mass is 9.62. The maximum absolute atomic E-state index is 12.6. The second kappa shape index (κ2) is 10.9. The summed E-state index contributed by atoms with van der Waals surface area (Å²) in [6, 6.07) is 0.415. The molecule has 3 aliphatic rings. The molecule has 0 aromatic rings. The minimum atomic E-state index is -0.345. The first-order valence-corrected chi connectivity index (χ1v) is 12.3. The monoisotopic (exact) mass is 452 g/mol. The summed E-state index contributed by atoms with van der Waals surface area (Å²) in [5.41, 5.74) is 6.68. The Morgan fingerprint density at radius 2 is 1.91 bits per heavy atom. The summed E-state index contributed by atoms with van der Waals surface area (Å²) >= 11 is 0. The zero-order chi connectivity index (χ0) is 23.4. The number of amides is 1. The number of nitrogens with two attached hydrogens (primary N) is 1. The van der Waals surface area contributed by atoms with Gasteiger partial charge in [-0.2, -0.15) is 0 Å². The molecular weight excluding hydrogens is 408 g/mol. The molecule has 2 aliphatic carbocycles. The van der Waals surface area contributed by atoms with Crippen molar-refractivity contribution in [3.05, 3.63) is 11.6 Å². The Morgan fingerprint density at radius 1 is 1.22 bits per heavy atom. The molecule has 0 aromatic carbocycles. The van der Waals surface area contributed by atoms with Gasteiger partial charge in [0.25, 0.3) is 0 Å². The van der Waals surface area contributed by atoms with E-state index in [4.69, 9.17) is 24.7 Å². The number of carbonyl (C=O) groups is 1. The van der Waals surface area contributed by atoms with Gasteiger partial charge >= 0.3 is 6.09 Å². The molecule has 1 amide bonds. The summed E-state index contributed by atoms with van der Waals surface area (Å²) < 4.78 is 24.2. The van der Waals surface area contributed by atoms with Crippen molar-refractivity contribution in [2.45, 2.75) is 115 Å². The molecule has 0 radical (unpaired) electrons. The lowest BCUT2D eigenvalue weighted by Gasteiger charge is -2.48. The number of ether oxygens (including phenoxy) is 4. The highest BCUT2D eigenvalue weighted by Gasteiger charge is 2.66. The Morgan fingerprint density at radius 3 is 2.50 bits per heavy atom. The van der Waals surface area contributed by atoms with Gasteiger partial charge in [0.2, 0.25) is 0 Å². The molecule has 32 heavy (non-hydrogen) atoms. The standard InChI is InChI=1S/C25H44N2O5/c1-17(2)6-7-18(3)31-19(4)24(15-29-5)14-22(12-13-25(24)16-30-25)32-23(28)27-21-10-8-20(26)9-11-21/h6,18-22H,7-16,26H2,1-5H3,(H,27,28)/t18-,19?,20-,21-,22?,24?,25+/m1/s1. The lowest BCUT2D eigenvalue weighted by molar-refractivity contribution is -0.157. The van der Waals surface area contributed by atoms with Crippen LogP contribution in [0.25, 0.3) is 0 Å². The molecule has 3 N–H and O–H groups in total. The number of nitrogens with one attached hydrogen (secondary N) is 1. The van der Waals surface area contributed by atoms with Crippen LogP contribution in [0.5, 0.6) is 0 Å². The number of epoxide rings is 1. The van der Waals surface area contributed by atoms with Gasteiger partial charge < -0.3 is 30.0 Å². The van der Waals surface area contributed by atoms with Crippen LogP contribution < -0.4 is 11.1 Å². The highest BCUT2D eigenvalue weighted by Crippen LogP contribution is 2.57. The average molecular weight is 453 g/mol. The van der Waals surface area contributed by atoms with Crippen LogP contribution in [0.2, 0.25) is 0 Å². The number of methoxy groups -OCH3 is 1. The van der Waals surface area contributed by atoms with Crippen LogP contribution in [0.15, 0.2) is 11.6 Å². The van der Waals surface area contributed by atoms with E-state index in [9.17, 15) is 4.79 Å². The van der Waals surface area contributed by atoms with Crippen LogP contribution in [0, 0.1) is 5.41 Å². The Hall–Kier alpha value is -1.15. The summed E-state index contributed by atoms with van der Waals surface area (Å²) in [6.07, 6.45) is 8.65. The molecule has 3 unspecified atom stereocenters. The molecule has 0 bridgehead atoms. The number of carbonyl (C=O) groups excluding carboxylic acids is 1. The fourth-order valence-corrected chi connectivity index (χ4v) is 5.61. The molecule has 3 rings (SSSR count). The SMILES string of the molecule is COCC1(C(C)O[C@H](C)CC=C(C)C)CC(OC(=O)N[C@H]2CC[C@H](N)CC2)CC[C@]12CO2. The molecule has 2 saturated carbocycles. The minimum absolute atomic E-state index is 0.0835. The third kappa shape index (κ3) is 6.04. The molecule has 1 aliphatic heterocycles. The number of rotatable bonds is 9. The molecule has 1 spiro atoms. The van der Waals surface area contributed by atoms with Gasteiger partial charge in [0.1, 0.15) is 11.7 Å². The van der Waals surface area contributed by atoms with Crippen molar-refractivity contribution >= 4 is 6.09 Å². The first-order valence-electron chi connectivity index (χ1n) is 12.3. The van der Waals surface area contributed by atoms with Crippen LogP contribution >= 0.6 is 0 Å². The van der Waals surface area contributed by atoms with Crippen molar-refractivity contribution < 1.29 is 23.7 Å². The van der Waals surface area contributed by atoms with Crippen molar-refractivity contribution in [1.29, 1.82) is 0 Å². The quantitative estimate of drug-likeness (QED) is 0.404. The topological polar surface area (TPSA) is 95.3 Å². The van der Waals surface area contributed by atoms with Crippen LogP contribution in [0.4, 0.5) is 4.79 Å². The third-order valence-corrected chi connectivity index (χ3v) is 7.70. The van der Waals surface area contributed by atoms with E-state index in [0.29, 0.717) is 19.6 Å². The van der Waals surface area contributed by atoms with E-state index >= 15 is 0 Å². The maximum atomic E-state index is 12.6. The van der Waals surface area contributed by atoms with Gasteiger partial charge in [0.15, 0.2) is 0 Å². The number of hydrogen-bond donors (Lipinski definition) is 2. The normalized spacial score (nSPS) is 36.2. The van der Waals surface area contributed by atoms with E-state index in [1.54, 1.807) is 7.11 Å². The van der Waals surface area contributed by atoms with Gasteiger partial charge in [0, 0.05) is 19.2 Å². The molecular formula is C25H44N2O5. The number of alkyl carbamates (subject to hydrolysis) is 1. The molecule has 0 aromatic heterocycles. The average Bonchev–Trinajstić information content (AvgIpc) is 3.52. The predicted octanol–water partition coefficient (Wildman–Crippen LogP) is 4.09. The number of allylic oxidation sites excluding steroid dienone is 1. The van der Waals surface area contributed by atoms with Crippen molar-refractivity contribution in [1.82, 2.24) is 5.32 Å². The smallest absolute Gasteiger partial charge is 0.407 e. The molecule has 1 heterocycles. The Kier molecular flexibility index (Phi) is 8.64. The predicted molar refractivity (Wildman–Crippen MR) is 125 cm³/mol. The van der Waals surface area contributed by atoms with Gasteiger partial charge in [-0.15, -0.1) is 0 Å². The Labute approximate surface area is 193 Å². The van der Waals surface area contributed by atoms with Gasteiger partial charge in [-0.3, -0.25) is 0 Å². The van der Waals surface area contributed by atoms with Crippen LogP contribution in [0.3, 0.4) is 0 Å². The van der Waals surface area contributed by atoms with E-state index in [-0.39, 0.29) is 47.5 Å². The zero-order valence-corrected chi connectivity index (χ0v) is 20.7. The second-order valence-electron chi connectivity index (χ2n) is 10.5. The molecule has 1 saturated heterocycles. The minimum Gasteiger partial charge on any atom is -0.446 e. The lowest BCUT2D eigenvalue weighted by Crippen LogP contribution is -2.57. The summed E-state index contributed by atoms with van der Waals surface area (Å²) in [6.45, 7) is 9.67. The summed E-state index contributed by atoms with van der Waals surface area (Å²) in [5, 5.41) is 3.05. The first-order chi connectivity index (χ1) is 15.2. The molecule has 184 valence electrons. The van der Waals surface area contributed by atoms with Gasteiger partial charge in [-0.05, 0) is 79.1 Å². The zero-order valence-electron chi connectivity index (χ0n) is 20.7. The second-order valence-corrected chi connectivity index (χ2v) is 10.5. The van der Waals surface area contributed by atoms with Crippen LogP contribution in [0.1, 0.15) is 79.1 Å². The van der Waals surface area contributed by atoms with Gasteiger partial charge in [-0.1, -0.05) is 11.6 Å². The fraction of sp³-hybridized carbons (Fsp3) is 0.880. The summed E-state index contributed by atoms with van der Waals surface area (Å²) in [7, 11) is 1.72.